The van der Waals surface area contributed by atoms with Crippen LogP contribution in [0, 0.1) is 0 Å². The van der Waals surface area contributed by atoms with Gasteiger partial charge < -0.3 is 4.89 Å². The molecule has 0 aromatic heterocycles. The van der Waals surface area contributed by atoms with Gasteiger partial charge in [-0.25, -0.2) is 4.90 Å². The highest BCUT2D eigenvalue weighted by Gasteiger charge is 2.33. The zero-order valence-electron chi connectivity index (χ0n) is 15.9. The number of carbonyl (C=O) groups excluding carboxylic acids is 2. The zero-order valence-corrected chi connectivity index (χ0v) is 15.9. The van der Waals surface area contributed by atoms with Crippen LogP contribution >= 0.6 is 0 Å². The van der Waals surface area contributed by atoms with Crippen LogP contribution in [-0.2, 0) is 14.5 Å². The first kappa shape index (κ1) is 19.2. The van der Waals surface area contributed by atoms with Gasteiger partial charge in [-0.3, -0.25) is 9.59 Å². The van der Waals surface area contributed by atoms with Gasteiger partial charge in [0.2, 0.25) is 0 Å². The van der Waals surface area contributed by atoms with E-state index >= 15 is 0 Å². The van der Waals surface area contributed by atoms with Crippen molar-refractivity contribution in [2.75, 3.05) is 4.90 Å². The van der Waals surface area contributed by atoms with Crippen LogP contribution in [-0.4, -0.2) is 17.4 Å². The van der Waals surface area contributed by atoms with Crippen molar-refractivity contribution in [3.63, 3.8) is 0 Å². The van der Waals surface area contributed by atoms with E-state index in [0.717, 1.165) is 18.4 Å². The van der Waals surface area contributed by atoms with Gasteiger partial charge in [0.1, 0.15) is 5.60 Å². The van der Waals surface area contributed by atoms with E-state index in [-0.39, 0.29) is 17.7 Å². The number of rotatable bonds is 7. The van der Waals surface area contributed by atoms with Crippen molar-refractivity contribution < 1.29 is 19.4 Å². The molecule has 1 aliphatic rings. The van der Waals surface area contributed by atoms with E-state index in [9.17, 15) is 9.59 Å². The van der Waals surface area contributed by atoms with Crippen LogP contribution in [0.15, 0.2) is 29.8 Å². The number of hydrogen-bond acceptors (Lipinski definition) is 4. The highest BCUT2D eigenvalue weighted by Crippen LogP contribution is 2.38. The lowest BCUT2D eigenvalue weighted by Crippen LogP contribution is -2.32. The Labute approximate surface area is 149 Å². The van der Waals surface area contributed by atoms with Gasteiger partial charge >= 0.3 is 0 Å². The molecule has 0 radical (unpaired) electrons. The molecule has 0 saturated carbocycles. The minimum atomic E-state index is -0.420. The lowest BCUT2D eigenvalue weighted by atomic mass is 9.99. The van der Waals surface area contributed by atoms with Crippen LogP contribution in [0.5, 0.6) is 5.75 Å². The van der Waals surface area contributed by atoms with E-state index in [2.05, 4.69) is 6.92 Å². The summed E-state index contributed by atoms with van der Waals surface area (Å²) in [5.74, 6) is -0.0440. The lowest BCUT2D eigenvalue weighted by Gasteiger charge is -2.26. The molecule has 2 rings (SSSR count). The maximum Gasteiger partial charge on any atom is 0.261 e. The van der Waals surface area contributed by atoms with Crippen LogP contribution in [0.2, 0.25) is 0 Å². The monoisotopic (exact) mass is 345 g/mol. The summed E-state index contributed by atoms with van der Waals surface area (Å²) in [6.45, 7) is 11.7. The summed E-state index contributed by atoms with van der Waals surface area (Å²) in [4.78, 5) is 37.1. The highest BCUT2D eigenvalue weighted by molar-refractivity contribution is 6.30. The van der Waals surface area contributed by atoms with Crippen molar-refractivity contribution >= 4 is 17.5 Å². The van der Waals surface area contributed by atoms with Gasteiger partial charge in [0.15, 0.2) is 5.75 Å². The third-order valence-corrected chi connectivity index (χ3v) is 4.17. The van der Waals surface area contributed by atoms with Gasteiger partial charge in [0, 0.05) is 17.2 Å². The number of nitrogens with zero attached hydrogens (tertiary/aromatic N) is 1. The Morgan fingerprint density at radius 1 is 1.20 bits per heavy atom. The third kappa shape index (κ3) is 4.10. The molecule has 5 nitrogen and oxygen atoms in total. The molecular weight excluding hydrogens is 318 g/mol. The molecule has 0 atom stereocenters. The largest absolute Gasteiger partial charge is 0.337 e. The molecule has 0 spiro atoms. The molecular formula is C20H27NO4. The number of anilines is 1. The van der Waals surface area contributed by atoms with Gasteiger partial charge in [-0.15, -0.1) is 0 Å². The van der Waals surface area contributed by atoms with Crippen molar-refractivity contribution in [3.8, 4) is 5.75 Å². The minimum Gasteiger partial charge on any atom is -0.337 e. The average Bonchev–Trinajstić information content (AvgIpc) is 2.77. The maximum absolute atomic E-state index is 12.4. The van der Waals surface area contributed by atoms with Gasteiger partial charge in [-0.1, -0.05) is 33.3 Å². The molecule has 0 saturated heterocycles. The Morgan fingerprint density at radius 2 is 1.88 bits per heavy atom. The Bertz CT molecular complexity index is 704. The third-order valence-electron chi connectivity index (χ3n) is 4.17. The van der Waals surface area contributed by atoms with E-state index in [1.807, 2.05) is 27.7 Å². The minimum absolute atomic E-state index is 0.0468. The predicted octanol–water partition coefficient (Wildman–Crippen LogP) is 4.52. The zero-order chi connectivity index (χ0) is 18.8. The number of carbonyl (C=O) groups is 2. The van der Waals surface area contributed by atoms with Crippen LogP contribution in [0.25, 0.3) is 0 Å². The van der Waals surface area contributed by atoms with Gasteiger partial charge in [-0.05, 0) is 45.2 Å². The van der Waals surface area contributed by atoms with Crippen molar-refractivity contribution in [3.05, 3.63) is 35.4 Å². The fourth-order valence-corrected chi connectivity index (χ4v) is 3.00. The van der Waals surface area contributed by atoms with Crippen LogP contribution in [0.3, 0.4) is 0 Å². The number of hydrogen-bond donors (Lipinski definition) is 0. The van der Waals surface area contributed by atoms with Crippen LogP contribution in [0.1, 0.15) is 65.9 Å². The number of benzene rings is 1. The first-order valence-corrected chi connectivity index (χ1v) is 8.73. The molecule has 1 aromatic carbocycles. The highest BCUT2D eigenvalue weighted by atomic mass is 17.2. The topological polar surface area (TPSA) is 55.8 Å². The molecule has 1 aromatic rings. The van der Waals surface area contributed by atoms with Crippen molar-refractivity contribution in [1.29, 1.82) is 0 Å². The molecule has 1 aliphatic heterocycles. The summed E-state index contributed by atoms with van der Waals surface area (Å²) in [5.41, 5.74) is 1.34. The molecule has 2 amide bonds. The maximum atomic E-state index is 12.4. The van der Waals surface area contributed by atoms with Crippen molar-refractivity contribution in [1.82, 2.24) is 0 Å². The van der Waals surface area contributed by atoms with E-state index in [1.165, 1.54) is 11.0 Å². The summed E-state index contributed by atoms with van der Waals surface area (Å²) in [5, 5.41) is 0. The lowest BCUT2D eigenvalue weighted by molar-refractivity contribution is -0.283. The fourth-order valence-electron chi connectivity index (χ4n) is 3.00. The van der Waals surface area contributed by atoms with E-state index in [1.54, 1.807) is 25.1 Å². The fraction of sp³-hybridized carbons (Fsp3) is 0.500. The van der Waals surface area contributed by atoms with Crippen molar-refractivity contribution in [2.45, 2.75) is 65.9 Å². The second kappa shape index (κ2) is 7.40. The second-order valence-electron chi connectivity index (χ2n) is 7.33. The summed E-state index contributed by atoms with van der Waals surface area (Å²) >= 11 is 0. The molecule has 0 aliphatic carbocycles. The van der Waals surface area contributed by atoms with Gasteiger partial charge in [0.05, 0.1) is 5.69 Å². The molecule has 136 valence electrons. The van der Waals surface area contributed by atoms with E-state index < -0.39 is 5.60 Å². The SMILES string of the molecule is CCCC(C)(C)OOc1cccc(N2C(=O)C=C(C)C2=O)c1C(C)C. The summed E-state index contributed by atoms with van der Waals surface area (Å²) in [6.07, 6.45) is 3.20. The summed E-state index contributed by atoms with van der Waals surface area (Å²) in [6, 6.07) is 5.33. The second-order valence-corrected chi connectivity index (χ2v) is 7.33. The van der Waals surface area contributed by atoms with E-state index in [4.69, 9.17) is 9.78 Å². The van der Waals surface area contributed by atoms with Crippen LogP contribution in [0.4, 0.5) is 5.69 Å². The normalized spacial score (nSPS) is 15.2. The van der Waals surface area contributed by atoms with Gasteiger partial charge in [-0.2, -0.15) is 4.89 Å². The Morgan fingerprint density at radius 3 is 2.40 bits per heavy atom. The molecule has 25 heavy (non-hydrogen) atoms. The Hall–Kier alpha value is -2.14. The molecule has 5 heteroatoms. The molecule has 1 heterocycles. The molecule has 0 bridgehead atoms. The molecule has 0 fully saturated rings. The molecule has 0 unspecified atom stereocenters. The van der Waals surface area contributed by atoms with E-state index in [0.29, 0.717) is 17.0 Å². The first-order valence-electron chi connectivity index (χ1n) is 8.73. The van der Waals surface area contributed by atoms with Gasteiger partial charge in [0.25, 0.3) is 11.8 Å². The molecule has 0 N–H and O–H groups in total. The van der Waals surface area contributed by atoms with Crippen molar-refractivity contribution in [2.24, 2.45) is 0 Å². The number of amides is 2. The first-order chi connectivity index (χ1) is 11.7. The summed E-state index contributed by atoms with van der Waals surface area (Å²) < 4.78 is 0. The number of imide groups is 1. The quantitative estimate of drug-likeness (QED) is 0.414. The Kier molecular flexibility index (Phi) is 5.68. The average molecular weight is 345 g/mol. The smallest absolute Gasteiger partial charge is 0.261 e. The standard InChI is InChI=1S/C20H27NO4/c1-7-11-20(5,6)25-24-16-10-8-9-15(18(16)13(2)3)21-17(22)12-14(4)19(21)23/h8-10,12-13H,7,11H2,1-6H3. The summed E-state index contributed by atoms with van der Waals surface area (Å²) in [7, 11) is 0. The predicted molar refractivity (Wildman–Crippen MR) is 97.5 cm³/mol. The Balaban J connectivity index is 2.37. The van der Waals surface area contributed by atoms with Crippen LogP contribution < -0.4 is 9.79 Å².